The highest BCUT2D eigenvalue weighted by Gasteiger charge is 2.47. The van der Waals surface area contributed by atoms with Crippen LogP contribution >= 0.6 is 0 Å². The maximum absolute atomic E-state index is 13.5. The van der Waals surface area contributed by atoms with E-state index in [4.69, 9.17) is 9.47 Å². The number of hydrogen-bond acceptors (Lipinski definition) is 6. The van der Waals surface area contributed by atoms with Crippen molar-refractivity contribution in [1.29, 1.82) is 0 Å². The zero-order valence-corrected chi connectivity index (χ0v) is 21.6. The van der Waals surface area contributed by atoms with Crippen molar-refractivity contribution in [3.8, 4) is 11.5 Å². The van der Waals surface area contributed by atoms with Crippen molar-refractivity contribution in [1.82, 2.24) is 0 Å². The fourth-order valence-electron chi connectivity index (χ4n) is 4.74. The molecule has 1 atom stereocenters. The summed E-state index contributed by atoms with van der Waals surface area (Å²) < 4.78 is 11.1. The van der Waals surface area contributed by atoms with E-state index < -0.39 is 17.7 Å². The molecule has 0 aliphatic carbocycles. The largest absolute Gasteiger partial charge is 0.507 e. The van der Waals surface area contributed by atoms with Crippen molar-refractivity contribution in [2.45, 2.75) is 26.8 Å². The summed E-state index contributed by atoms with van der Waals surface area (Å²) in [5, 5.41) is 11.4. The molecule has 1 amide bonds. The second-order valence-electron chi connectivity index (χ2n) is 8.57. The first kappa shape index (κ1) is 25.8. The molecule has 0 spiro atoms. The number of aliphatic hydroxyl groups is 1. The molecule has 1 saturated heterocycles. The van der Waals surface area contributed by atoms with Crippen LogP contribution < -0.4 is 19.3 Å². The Hall–Kier alpha value is -4.26. The molecule has 3 aromatic rings. The summed E-state index contributed by atoms with van der Waals surface area (Å²) in [4.78, 5) is 30.6. The Bertz CT molecular complexity index is 1310. The van der Waals surface area contributed by atoms with Gasteiger partial charge in [0, 0.05) is 24.3 Å². The number of aliphatic hydroxyl groups excluding tert-OH is 1. The number of carbonyl (C=O) groups excluding carboxylic acids is 2. The second kappa shape index (κ2) is 11.2. The molecule has 1 N–H and O–H groups in total. The summed E-state index contributed by atoms with van der Waals surface area (Å²) in [6.45, 7) is 8.21. The van der Waals surface area contributed by atoms with E-state index in [1.54, 1.807) is 48.5 Å². The van der Waals surface area contributed by atoms with Crippen LogP contribution in [0.15, 0.2) is 78.4 Å². The smallest absolute Gasteiger partial charge is 0.300 e. The lowest BCUT2D eigenvalue weighted by Crippen LogP contribution is -2.30. The van der Waals surface area contributed by atoms with E-state index in [-0.39, 0.29) is 11.3 Å². The Morgan fingerprint density at radius 2 is 1.65 bits per heavy atom. The van der Waals surface area contributed by atoms with E-state index in [0.717, 1.165) is 18.8 Å². The maximum atomic E-state index is 13.5. The van der Waals surface area contributed by atoms with Gasteiger partial charge in [-0.1, -0.05) is 36.4 Å². The molecule has 1 fully saturated rings. The van der Waals surface area contributed by atoms with Crippen molar-refractivity contribution >= 4 is 28.8 Å². The summed E-state index contributed by atoms with van der Waals surface area (Å²) in [7, 11) is 1.52. The van der Waals surface area contributed by atoms with Gasteiger partial charge in [0.2, 0.25) is 0 Å². The van der Waals surface area contributed by atoms with Gasteiger partial charge >= 0.3 is 0 Å². The maximum Gasteiger partial charge on any atom is 0.300 e. The van der Waals surface area contributed by atoms with Crippen molar-refractivity contribution in [3.63, 3.8) is 0 Å². The van der Waals surface area contributed by atoms with Gasteiger partial charge in [0.15, 0.2) is 0 Å². The van der Waals surface area contributed by atoms with E-state index in [1.807, 2.05) is 31.2 Å². The number of amides is 1. The van der Waals surface area contributed by atoms with Crippen molar-refractivity contribution < 1.29 is 24.2 Å². The van der Waals surface area contributed by atoms with Crippen molar-refractivity contribution in [2.75, 3.05) is 36.6 Å². The molecule has 3 aromatic carbocycles. The number of hydrogen-bond donors (Lipinski definition) is 1. The van der Waals surface area contributed by atoms with Crippen LogP contribution in [-0.2, 0) is 9.59 Å². The van der Waals surface area contributed by atoms with E-state index >= 15 is 0 Å². The molecule has 1 unspecified atom stereocenters. The number of para-hydroxylation sites is 2. The molecular weight excluding hydrogens is 468 g/mol. The van der Waals surface area contributed by atoms with Gasteiger partial charge in [0.1, 0.15) is 17.3 Å². The van der Waals surface area contributed by atoms with Crippen LogP contribution in [0.2, 0.25) is 0 Å². The van der Waals surface area contributed by atoms with E-state index in [0.29, 0.717) is 34.9 Å². The number of carbonyl (C=O) groups is 2. The molecule has 1 heterocycles. The zero-order chi connectivity index (χ0) is 26.5. The number of Topliss-reactive ketones (excluding diaryl/α,β-unsaturated/α-hetero) is 1. The number of benzene rings is 3. The minimum atomic E-state index is -0.849. The first-order chi connectivity index (χ1) is 17.9. The number of rotatable bonds is 9. The predicted molar refractivity (Wildman–Crippen MR) is 145 cm³/mol. The number of methoxy groups -OCH3 is 1. The van der Waals surface area contributed by atoms with Gasteiger partial charge in [-0.15, -0.1) is 0 Å². The second-order valence-corrected chi connectivity index (χ2v) is 8.57. The molecule has 1 aliphatic heterocycles. The number of ketones is 1. The molecule has 7 heteroatoms. The SMILES string of the molecule is CCOc1cccc(/C(O)=C2/C(=O)C(=O)N(c3ccccc3OC)C2c2ccc(N(CC)CC)cc2)c1. The molecule has 1 aliphatic rings. The zero-order valence-electron chi connectivity index (χ0n) is 21.6. The first-order valence-electron chi connectivity index (χ1n) is 12.5. The van der Waals surface area contributed by atoms with Gasteiger partial charge in [0.25, 0.3) is 11.7 Å². The minimum absolute atomic E-state index is 0.0140. The van der Waals surface area contributed by atoms with Crippen LogP contribution in [0.5, 0.6) is 11.5 Å². The quantitative estimate of drug-likeness (QED) is 0.235. The third-order valence-corrected chi connectivity index (χ3v) is 6.55. The van der Waals surface area contributed by atoms with Crippen molar-refractivity contribution in [2.24, 2.45) is 0 Å². The van der Waals surface area contributed by atoms with Crippen LogP contribution in [0.3, 0.4) is 0 Å². The lowest BCUT2D eigenvalue weighted by molar-refractivity contribution is -0.132. The summed E-state index contributed by atoms with van der Waals surface area (Å²) in [6, 6.07) is 20.8. The third-order valence-electron chi connectivity index (χ3n) is 6.55. The molecule has 0 saturated carbocycles. The van der Waals surface area contributed by atoms with Gasteiger partial charge in [-0.05, 0) is 62.7 Å². The summed E-state index contributed by atoms with van der Waals surface area (Å²) in [5.41, 5.74) is 2.59. The minimum Gasteiger partial charge on any atom is -0.507 e. The highest BCUT2D eigenvalue weighted by molar-refractivity contribution is 6.52. The standard InChI is InChI=1S/C30H32N2O5/c1-5-31(6-2)22-17-15-20(16-18-22)27-26(28(33)21-11-10-12-23(19-21)37-7-3)29(34)30(35)32(27)24-13-8-9-14-25(24)36-4/h8-19,27,33H,5-7H2,1-4H3/b28-26-. The van der Waals surface area contributed by atoms with Gasteiger partial charge in [0.05, 0.1) is 31.0 Å². The Labute approximate surface area is 217 Å². The summed E-state index contributed by atoms with van der Waals surface area (Å²) in [5.74, 6) is -0.735. The Kier molecular flexibility index (Phi) is 7.82. The fourth-order valence-corrected chi connectivity index (χ4v) is 4.74. The van der Waals surface area contributed by atoms with Gasteiger partial charge in [-0.25, -0.2) is 0 Å². The molecule has 37 heavy (non-hydrogen) atoms. The van der Waals surface area contributed by atoms with Crippen LogP contribution in [0.1, 0.15) is 37.9 Å². The molecule has 0 radical (unpaired) electrons. The number of anilines is 2. The van der Waals surface area contributed by atoms with E-state index in [1.165, 1.54) is 12.0 Å². The average molecular weight is 501 g/mol. The van der Waals surface area contributed by atoms with Gasteiger partial charge in [-0.2, -0.15) is 0 Å². The van der Waals surface area contributed by atoms with Crippen LogP contribution in [0, 0.1) is 0 Å². The Morgan fingerprint density at radius 3 is 2.30 bits per heavy atom. The lowest BCUT2D eigenvalue weighted by Gasteiger charge is -2.27. The van der Waals surface area contributed by atoms with Crippen LogP contribution in [0.4, 0.5) is 11.4 Å². The molecular formula is C30H32N2O5. The molecule has 7 nitrogen and oxygen atoms in total. The lowest BCUT2D eigenvalue weighted by atomic mass is 9.94. The van der Waals surface area contributed by atoms with Crippen LogP contribution in [-0.4, -0.2) is 43.6 Å². The highest BCUT2D eigenvalue weighted by atomic mass is 16.5. The number of ether oxygens (including phenoxy) is 2. The molecule has 192 valence electrons. The van der Waals surface area contributed by atoms with Gasteiger partial charge in [-0.3, -0.25) is 14.5 Å². The molecule has 0 bridgehead atoms. The summed E-state index contributed by atoms with van der Waals surface area (Å²) in [6.07, 6.45) is 0. The van der Waals surface area contributed by atoms with Gasteiger partial charge < -0.3 is 19.5 Å². The molecule has 0 aromatic heterocycles. The van der Waals surface area contributed by atoms with Crippen LogP contribution in [0.25, 0.3) is 5.76 Å². The topological polar surface area (TPSA) is 79.3 Å². The Balaban J connectivity index is 1.92. The fraction of sp³-hybridized carbons (Fsp3) is 0.267. The predicted octanol–water partition coefficient (Wildman–Crippen LogP) is 5.57. The third kappa shape index (κ3) is 4.89. The number of nitrogens with zero attached hydrogens (tertiary/aromatic N) is 2. The normalized spacial score (nSPS) is 16.6. The first-order valence-corrected chi connectivity index (χ1v) is 12.5. The van der Waals surface area contributed by atoms with E-state index in [2.05, 4.69) is 18.7 Å². The molecule has 4 rings (SSSR count). The van der Waals surface area contributed by atoms with Crippen molar-refractivity contribution in [3.05, 3.63) is 89.5 Å². The summed E-state index contributed by atoms with van der Waals surface area (Å²) >= 11 is 0. The van der Waals surface area contributed by atoms with E-state index in [9.17, 15) is 14.7 Å². The Morgan fingerprint density at radius 1 is 0.946 bits per heavy atom. The highest BCUT2D eigenvalue weighted by Crippen LogP contribution is 2.45. The monoisotopic (exact) mass is 500 g/mol. The average Bonchev–Trinajstić information content (AvgIpc) is 3.19.